The molecule has 2 unspecified atom stereocenters. The van der Waals surface area contributed by atoms with Crippen molar-refractivity contribution in [1.82, 2.24) is 24.9 Å². The molecule has 3 aliphatic rings. The molecule has 0 spiro atoms. The first kappa shape index (κ1) is 23.3. The molecule has 0 aromatic heterocycles. The second-order valence-corrected chi connectivity index (χ2v) is 9.00. The van der Waals surface area contributed by atoms with E-state index in [1.807, 2.05) is 7.05 Å². The minimum Gasteiger partial charge on any atom is -0.379 e. The maximum Gasteiger partial charge on any atom is 0.236 e. The van der Waals surface area contributed by atoms with E-state index >= 15 is 0 Å². The quantitative estimate of drug-likeness (QED) is 0.520. The largest absolute Gasteiger partial charge is 0.379 e. The van der Waals surface area contributed by atoms with Gasteiger partial charge in [0.1, 0.15) is 0 Å². The average Bonchev–Trinajstić information content (AvgIpc) is 3.05. The van der Waals surface area contributed by atoms with Crippen LogP contribution in [0, 0.1) is 0 Å². The highest BCUT2D eigenvalue weighted by molar-refractivity contribution is 5.80. The van der Waals surface area contributed by atoms with Crippen LogP contribution >= 0.6 is 0 Å². The number of carbonyl (C=O) groups is 1. The molecule has 0 aromatic rings. The highest BCUT2D eigenvalue weighted by atomic mass is 16.5. The Morgan fingerprint density at radius 1 is 1.03 bits per heavy atom. The summed E-state index contributed by atoms with van der Waals surface area (Å²) < 4.78 is 5.56. The Labute approximate surface area is 182 Å². The Kier molecular flexibility index (Phi) is 9.21. The molecule has 0 radical (unpaired) electrons. The van der Waals surface area contributed by atoms with E-state index in [0.29, 0.717) is 24.5 Å². The van der Waals surface area contributed by atoms with Crippen molar-refractivity contribution in [1.29, 1.82) is 0 Å². The lowest BCUT2D eigenvalue weighted by atomic mass is 10.2. The first-order valence-electron chi connectivity index (χ1n) is 11.9. The molecule has 0 aromatic carbocycles. The number of hydrogen-bond donors (Lipinski definition) is 1. The summed E-state index contributed by atoms with van der Waals surface area (Å²) in [4.78, 5) is 26.4. The zero-order valence-corrected chi connectivity index (χ0v) is 19.3. The Morgan fingerprint density at radius 2 is 1.73 bits per heavy atom. The topological polar surface area (TPSA) is 63.7 Å². The van der Waals surface area contributed by atoms with Crippen molar-refractivity contribution in [3.8, 4) is 0 Å². The van der Waals surface area contributed by atoms with Crippen molar-refractivity contribution in [3.05, 3.63) is 0 Å². The number of nitrogens with one attached hydrogen (secondary N) is 1. The SMILES string of the molecule is CN=C(NCC(C)N1CCOCC1C)N1CCN(CC(=O)N2CCCCCC2)CC1. The van der Waals surface area contributed by atoms with Crippen molar-refractivity contribution in [3.63, 3.8) is 0 Å². The minimum absolute atomic E-state index is 0.307. The summed E-state index contributed by atoms with van der Waals surface area (Å²) >= 11 is 0. The predicted octanol–water partition coefficient (Wildman–Crippen LogP) is 0.691. The van der Waals surface area contributed by atoms with E-state index in [2.05, 4.69) is 43.8 Å². The van der Waals surface area contributed by atoms with Crippen molar-refractivity contribution < 1.29 is 9.53 Å². The molecular formula is C22H42N6O2. The zero-order valence-electron chi connectivity index (χ0n) is 19.3. The van der Waals surface area contributed by atoms with Gasteiger partial charge in [-0.2, -0.15) is 0 Å². The molecule has 1 N–H and O–H groups in total. The summed E-state index contributed by atoms with van der Waals surface area (Å²) in [6, 6.07) is 0.899. The van der Waals surface area contributed by atoms with Gasteiger partial charge in [-0.05, 0) is 26.7 Å². The van der Waals surface area contributed by atoms with Crippen LogP contribution in [0.2, 0.25) is 0 Å². The van der Waals surface area contributed by atoms with Gasteiger partial charge in [-0.25, -0.2) is 0 Å². The van der Waals surface area contributed by atoms with Gasteiger partial charge in [0, 0.05) is 71.5 Å². The Hall–Kier alpha value is -1.38. The zero-order chi connectivity index (χ0) is 21.3. The van der Waals surface area contributed by atoms with Crippen LogP contribution in [0.1, 0.15) is 39.5 Å². The molecular weight excluding hydrogens is 380 g/mol. The number of carbonyl (C=O) groups excluding carboxylic acids is 1. The van der Waals surface area contributed by atoms with Crippen molar-refractivity contribution in [2.24, 2.45) is 4.99 Å². The number of rotatable bonds is 5. The lowest BCUT2D eigenvalue weighted by Crippen LogP contribution is -2.56. The van der Waals surface area contributed by atoms with Gasteiger partial charge in [0.2, 0.25) is 5.91 Å². The number of aliphatic imine (C=N–C) groups is 1. The number of hydrogen-bond acceptors (Lipinski definition) is 5. The van der Waals surface area contributed by atoms with Gasteiger partial charge in [-0.3, -0.25) is 19.6 Å². The predicted molar refractivity (Wildman–Crippen MR) is 121 cm³/mol. The molecule has 1 amide bonds. The lowest BCUT2D eigenvalue weighted by Gasteiger charge is -2.39. The molecule has 8 nitrogen and oxygen atoms in total. The van der Waals surface area contributed by atoms with E-state index in [1.54, 1.807) is 0 Å². The fourth-order valence-electron chi connectivity index (χ4n) is 4.81. The van der Waals surface area contributed by atoms with Crippen LogP contribution in [-0.4, -0.2) is 123 Å². The van der Waals surface area contributed by atoms with Crippen LogP contribution in [0.3, 0.4) is 0 Å². The number of nitrogens with zero attached hydrogens (tertiary/aromatic N) is 5. The Bertz CT molecular complexity index is 556. The summed E-state index contributed by atoms with van der Waals surface area (Å²) in [5, 5.41) is 3.57. The molecule has 0 bridgehead atoms. The monoisotopic (exact) mass is 422 g/mol. The molecule has 3 saturated heterocycles. The summed E-state index contributed by atoms with van der Waals surface area (Å²) in [6.07, 6.45) is 4.83. The number of piperazine rings is 1. The molecule has 0 aliphatic carbocycles. The third-order valence-electron chi connectivity index (χ3n) is 6.74. The van der Waals surface area contributed by atoms with Crippen molar-refractivity contribution >= 4 is 11.9 Å². The second-order valence-electron chi connectivity index (χ2n) is 9.00. The molecule has 3 rings (SSSR count). The maximum atomic E-state index is 12.7. The number of guanidine groups is 1. The lowest BCUT2D eigenvalue weighted by molar-refractivity contribution is -0.132. The van der Waals surface area contributed by atoms with Gasteiger partial charge in [-0.1, -0.05) is 12.8 Å². The van der Waals surface area contributed by atoms with Crippen LogP contribution < -0.4 is 5.32 Å². The van der Waals surface area contributed by atoms with Crippen LogP contribution in [0.5, 0.6) is 0 Å². The average molecular weight is 423 g/mol. The number of amides is 1. The van der Waals surface area contributed by atoms with Crippen molar-refractivity contribution in [2.45, 2.75) is 51.6 Å². The molecule has 3 heterocycles. The van der Waals surface area contributed by atoms with E-state index in [4.69, 9.17) is 4.74 Å². The van der Waals surface area contributed by atoms with E-state index in [1.165, 1.54) is 12.8 Å². The first-order valence-corrected chi connectivity index (χ1v) is 11.9. The van der Waals surface area contributed by atoms with Gasteiger partial charge in [0.25, 0.3) is 0 Å². The third-order valence-corrected chi connectivity index (χ3v) is 6.74. The normalized spacial score (nSPS) is 26.4. The van der Waals surface area contributed by atoms with Gasteiger partial charge in [0.05, 0.1) is 19.8 Å². The van der Waals surface area contributed by atoms with Crippen LogP contribution in [0.25, 0.3) is 0 Å². The van der Waals surface area contributed by atoms with Gasteiger partial charge >= 0.3 is 0 Å². The van der Waals surface area contributed by atoms with Crippen LogP contribution in [0.4, 0.5) is 0 Å². The van der Waals surface area contributed by atoms with Crippen LogP contribution in [-0.2, 0) is 9.53 Å². The summed E-state index contributed by atoms with van der Waals surface area (Å²) in [5.41, 5.74) is 0. The smallest absolute Gasteiger partial charge is 0.236 e. The van der Waals surface area contributed by atoms with E-state index in [0.717, 1.165) is 84.4 Å². The molecule has 172 valence electrons. The number of likely N-dealkylation sites (tertiary alicyclic amines) is 1. The van der Waals surface area contributed by atoms with E-state index < -0.39 is 0 Å². The fraction of sp³-hybridized carbons (Fsp3) is 0.909. The minimum atomic E-state index is 0.307. The fourth-order valence-corrected chi connectivity index (χ4v) is 4.81. The number of morpholine rings is 1. The highest BCUT2D eigenvalue weighted by Crippen LogP contribution is 2.12. The van der Waals surface area contributed by atoms with Gasteiger partial charge in [-0.15, -0.1) is 0 Å². The summed E-state index contributed by atoms with van der Waals surface area (Å²) in [7, 11) is 1.86. The van der Waals surface area contributed by atoms with E-state index in [9.17, 15) is 4.79 Å². The maximum absolute atomic E-state index is 12.7. The molecule has 3 aliphatic heterocycles. The number of ether oxygens (including phenoxy) is 1. The first-order chi connectivity index (χ1) is 14.6. The van der Waals surface area contributed by atoms with E-state index in [-0.39, 0.29) is 0 Å². The van der Waals surface area contributed by atoms with Gasteiger partial charge in [0.15, 0.2) is 5.96 Å². The summed E-state index contributed by atoms with van der Waals surface area (Å²) in [5.74, 6) is 1.28. The summed E-state index contributed by atoms with van der Waals surface area (Å²) in [6.45, 7) is 14.1. The Morgan fingerprint density at radius 3 is 2.37 bits per heavy atom. The molecule has 30 heavy (non-hydrogen) atoms. The molecule has 8 heteroatoms. The molecule has 2 atom stereocenters. The highest BCUT2D eigenvalue weighted by Gasteiger charge is 2.26. The second kappa shape index (κ2) is 11.9. The van der Waals surface area contributed by atoms with Gasteiger partial charge < -0.3 is 19.9 Å². The van der Waals surface area contributed by atoms with Crippen molar-refractivity contribution in [2.75, 3.05) is 79.2 Å². The van der Waals surface area contributed by atoms with Crippen LogP contribution in [0.15, 0.2) is 4.99 Å². The molecule has 3 fully saturated rings. The third kappa shape index (κ3) is 6.56. The standard InChI is InChI=1S/C22H42N6O2/c1-19(28-14-15-30-18-20(28)2)16-24-22(23-3)27-12-10-25(11-13-27)17-21(29)26-8-6-4-5-7-9-26/h19-20H,4-18H2,1-3H3,(H,23,24). The molecule has 0 saturated carbocycles. The Balaban J connectivity index is 1.40.